The number of carbonyl (C=O) groups is 1. The topological polar surface area (TPSA) is 77.7 Å². The number of ether oxygens (including phenoxy) is 1. The van der Waals surface area contributed by atoms with Gasteiger partial charge in [-0.05, 0) is 48.6 Å². The second-order valence-electron chi connectivity index (χ2n) is 10.8. The summed E-state index contributed by atoms with van der Waals surface area (Å²) in [6, 6.07) is 6.03. The van der Waals surface area contributed by atoms with Crippen LogP contribution < -0.4 is 10.1 Å². The third-order valence-electron chi connectivity index (χ3n) is 7.07. The van der Waals surface area contributed by atoms with Crippen LogP contribution in [0.2, 0.25) is 0 Å². The van der Waals surface area contributed by atoms with E-state index in [0.717, 1.165) is 16.9 Å². The minimum absolute atomic E-state index is 0.0698. The zero-order valence-corrected chi connectivity index (χ0v) is 20.8. The molecule has 1 heterocycles. The number of rotatable bonds is 5. The largest absolute Gasteiger partial charge is 0.489 e. The molecule has 1 aliphatic heterocycles. The van der Waals surface area contributed by atoms with Crippen molar-refractivity contribution in [3.05, 3.63) is 40.6 Å². The molecule has 1 aromatic rings. The number of likely N-dealkylation sites (N-methyl/N-ethyl adjacent to an activating group) is 1. The fourth-order valence-corrected chi connectivity index (χ4v) is 5.50. The van der Waals surface area contributed by atoms with Crippen molar-refractivity contribution >= 4 is 11.7 Å². The molecule has 0 aromatic heterocycles. The molecular weight excluding hydrogens is 400 g/mol. The minimum atomic E-state index is -0.276. The molecule has 1 fully saturated rings. The van der Waals surface area contributed by atoms with E-state index in [4.69, 9.17) is 4.74 Å². The Labute approximate surface area is 192 Å². The van der Waals surface area contributed by atoms with Gasteiger partial charge in [-0.1, -0.05) is 41.5 Å². The smallest absolute Gasteiger partial charge is 0.287 e. The number of nitriles is 1. The van der Waals surface area contributed by atoms with Gasteiger partial charge >= 0.3 is 0 Å². The molecule has 0 saturated heterocycles. The van der Waals surface area contributed by atoms with E-state index in [1.807, 2.05) is 44.1 Å². The first-order chi connectivity index (χ1) is 14.8. The van der Waals surface area contributed by atoms with E-state index in [1.165, 1.54) is 5.57 Å². The summed E-state index contributed by atoms with van der Waals surface area (Å²) in [4.78, 5) is 19.5. The van der Waals surface area contributed by atoms with Crippen LogP contribution in [0.1, 0.15) is 58.2 Å². The van der Waals surface area contributed by atoms with Crippen LogP contribution in [0.25, 0.3) is 0 Å². The number of aryl methyl sites for hydroxylation is 2. The Morgan fingerprint density at radius 3 is 2.25 bits per heavy atom. The van der Waals surface area contributed by atoms with E-state index in [0.29, 0.717) is 23.9 Å². The van der Waals surface area contributed by atoms with E-state index >= 15 is 0 Å². The lowest BCUT2D eigenvalue weighted by Crippen LogP contribution is -2.75. The normalized spacial score (nSPS) is 23.6. The summed E-state index contributed by atoms with van der Waals surface area (Å²) in [6.45, 7) is 17.3. The van der Waals surface area contributed by atoms with Gasteiger partial charge < -0.3 is 15.0 Å². The Kier molecular flexibility index (Phi) is 6.16. The maximum atomic E-state index is 13.1. The predicted molar refractivity (Wildman–Crippen MR) is 128 cm³/mol. The Bertz CT molecular complexity index is 988. The molecule has 1 amide bonds. The minimum Gasteiger partial charge on any atom is -0.489 e. The highest BCUT2D eigenvalue weighted by Crippen LogP contribution is 2.55. The molecule has 6 nitrogen and oxygen atoms in total. The zero-order chi connectivity index (χ0) is 24.0. The van der Waals surface area contributed by atoms with Gasteiger partial charge in [-0.25, -0.2) is 4.99 Å². The number of nitrogens with one attached hydrogen (secondary N) is 1. The molecular formula is C26H36N4O2. The second kappa shape index (κ2) is 8.27. The number of nitrogens with zero attached hydrogens (tertiary/aromatic N) is 3. The second-order valence-corrected chi connectivity index (χ2v) is 10.8. The third kappa shape index (κ3) is 4.01. The molecule has 3 rings (SSSR count). The number of amides is 1. The first-order valence-corrected chi connectivity index (χ1v) is 11.3. The van der Waals surface area contributed by atoms with Gasteiger partial charge in [-0.15, -0.1) is 0 Å². The summed E-state index contributed by atoms with van der Waals surface area (Å²) in [5, 5.41) is 12.6. The predicted octanol–water partition coefficient (Wildman–Crippen LogP) is 4.36. The number of hydrogen-bond acceptors (Lipinski definition) is 5. The van der Waals surface area contributed by atoms with Crippen LogP contribution in [0.5, 0.6) is 5.75 Å². The van der Waals surface area contributed by atoms with E-state index in [-0.39, 0.29) is 28.9 Å². The van der Waals surface area contributed by atoms with Gasteiger partial charge in [0.05, 0.1) is 11.6 Å². The molecule has 0 unspecified atom stereocenters. The van der Waals surface area contributed by atoms with Crippen LogP contribution in [0.4, 0.5) is 0 Å². The molecule has 0 atom stereocenters. The van der Waals surface area contributed by atoms with Crippen molar-refractivity contribution in [3.63, 3.8) is 0 Å². The number of aliphatic imine (C=N–C) groups is 1. The summed E-state index contributed by atoms with van der Waals surface area (Å²) in [6.07, 6.45) is 1.74. The Hall–Kier alpha value is -2.81. The summed E-state index contributed by atoms with van der Waals surface area (Å²) < 4.78 is 6.45. The molecule has 32 heavy (non-hydrogen) atoms. The van der Waals surface area contributed by atoms with Crippen molar-refractivity contribution in [2.75, 3.05) is 13.6 Å². The Balaban J connectivity index is 1.77. The van der Waals surface area contributed by atoms with Gasteiger partial charge in [0.25, 0.3) is 5.91 Å². The summed E-state index contributed by atoms with van der Waals surface area (Å²) in [7, 11) is 1.91. The molecule has 172 valence electrons. The SMILES string of the molecule is Cc1cc(OC2C(C)(C)C(NC(=O)C3=NC=C(C(C)C)CN3C)C2(C)C)cc(C)c1C#N. The van der Waals surface area contributed by atoms with Crippen LogP contribution in [0, 0.1) is 41.9 Å². The molecule has 1 aromatic carbocycles. The number of amidine groups is 1. The maximum absolute atomic E-state index is 13.1. The van der Waals surface area contributed by atoms with Crippen molar-refractivity contribution < 1.29 is 9.53 Å². The number of benzene rings is 1. The summed E-state index contributed by atoms with van der Waals surface area (Å²) in [5.74, 6) is 1.46. The fourth-order valence-electron chi connectivity index (χ4n) is 5.50. The lowest BCUT2D eigenvalue weighted by molar-refractivity contribution is -0.171. The van der Waals surface area contributed by atoms with Crippen LogP contribution >= 0.6 is 0 Å². The summed E-state index contributed by atoms with van der Waals surface area (Å²) in [5.41, 5.74) is 3.18. The van der Waals surface area contributed by atoms with E-state index in [1.54, 1.807) is 0 Å². The highest BCUT2D eigenvalue weighted by atomic mass is 16.5. The van der Waals surface area contributed by atoms with Crippen molar-refractivity contribution in [1.29, 1.82) is 5.26 Å². The van der Waals surface area contributed by atoms with E-state index < -0.39 is 0 Å². The van der Waals surface area contributed by atoms with Crippen molar-refractivity contribution in [1.82, 2.24) is 10.2 Å². The molecule has 0 radical (unpaired) electrons. The van der Waals surface area contributed by atoms with Crippen molar-refractivity contribution in [2.45, 2.75) is 67.5 Å². The van der Waals surface area contributed by atoms with E-state index in [9.17, 15) is 10.1 Å². The highest BCUT2D eigenvalue weighted by Gasteiger charge is 2.64. The maximum Gasteiger partial charge on any atom is 0.287 e. The van der Waals surface area contributed by atoms with Gasteiger partial charge in [0.15, 0.2) is 5.84 Å². The van der Waals surface area contributed by atoms with E-state index in [2.05, 4.69) is 57.9 Å². The average molecular weight is 437 g/mol. The number of hydrogen-bond donors (Lipinski definition) is 1. The quantitative estimate of drug-likeness (QED) is 0.744. The molecule has 1 N–H and O–H groups in total. The third-order valence-corrected chi connectivity index (χ3v) is 7.07. The highest BCUT2D eigenvalue weighted by molar-refractivity contribution is 6.38. The Morgan fingerprint density at radius 1 is 1.22 bits per heavy atom. The molecule has 1 saturated carbocycles. The van der Waals surface area contributed by atoms with Gasteiger partial charge in [0, 0.05) is 36.7 Å². The van der Waals surface area contributed by atoms with Crippen LogP contribution in [-0.4, -0.2) is 42.4 Å². The standard InChI is InChI=1S/C26H36N4O2/c1-15(2)18-13-28-21(30(9)14-18)22(31)29-23-25(5,6)24(26(23,7)8)32-19-10-16(3)20(12-27)17(4)11-19/h10-11,13,15,23-24H,14H2,1-9H3,(H,29,31). The molecule has 6 heteroatoms. The van der Waals surface area contributed by atoms with Gasteiger partial charge in [-0.3, -0.25) is 4.79 Å². The zero-order valence-electron chi connectivity index (χ0n) is 20.8. The van der Waals surface area contributed by atoms with Crippen molar-refractivity contribution in [2.24, 2.45) is 21.7 Å². The van der Waals surface area contributed by atoms with Crippen LogP contribution in [0.3, 0.4) is 0 Å². The van der Waals surface area contributed by atoms with Crippen LogP contribution in [-0.2, 0) is 4.79 Å². The fraction of sp³-hybridized carbons (Fsp3) is 0.577. The van der Waals surface area contributed by atoms with Crippen LogP contribution in [0.15, 0.2) is 28.9 Å². The monoisotopic (exact) mass is 436 g/mol. The van der Waals surface area contributed by atoms with Gasteiger partial charge in [-0.2, -0.15) is 5.26 Å². The van der Waals surface area contributed by atoms with Gasteiger partial charge in [0.1, 0.15) is 11.9 Å². The average Bonchev–Trinajstić information content (AvgIpc) is 2.69. The molecule has 1 aliphatic carbocycles. The molecule has 0 spiro atoms. The molecule has 0 bridgehead atoms. The Morgan fingerprint density at radius 2 is 1.78 bits per heavy atom. The number of carbonyl (C=O) groups excluding carboxylic acids is 1. The summed E-state index contributed by atoms with van der Waals surface area (Å²) >= 11 is 0. The lowest BCUT2D eigenvalue weighted by Gasteiger charge is -2.63. The first-order valence-electron chi connectivity index (χ1n) is 11.3. The first kappa shape index (κ1) is 23.8. The molecule has 2 aliphatic rings. The van der Waals surface area contributed by atoms with Gasteiger partial charge in [0.2, 0.25) is 0 Å². The van der Waals surface area contributed by atoms with Crippen molar-refractivity contribution in [3.8, 4) is 11.8 Å². The lowest BCUT2D eigenvalue weighted by atomic mass is 9.49.